The summed E-state index contributed by atoms with van der Waals surface area (Å²) in [4.78, 5) is 12.2. The third kappa shape index (κ3) is 5.18. The smallest absolute Gasteiger partial charge is 0.163 e. The number of methoxy groups -OCH3 is 1. The van der Waals surface area contributed by atoms with Gasteiger partial charge in [0.2, 0.25) is 0 Å². The van der Waals surface area contributed by atoms with Gasteiger partial charge in [0.1, 0.15) is 5.75 Å². The summed E-state index contributed by atoms with van der Waals surface area (Å²) in [6, 6.07) is 7.49. The van der Waals surface area contributed by atoms with Crippen LogP contribution in [0.15, 0.2) is 24.3 Å². The second-order valence-electron chi connectivity index (χ2n) is 6.31. The van der Waals surface area contributed by atoms with Crippen molar-refractivity contribution in [3.8, 4) is 5.75 Å². The minimum atomic E-state index is 0.288. The van der Waals surface area contributed by atoms with Crippen molar-refractivity contribution in [1.82, 2.24) is 0 Å². The first-order valence-corrected chi connectivity index (χ1v) is 8.41. The summed E-state index contributed by atoms with van der Waals surface area (Å²) < 4.78 is 5.12. The van der Waals surface area contributed by atoms with Crippen LogP contribution in [-0.2, 0) is 0 Å². The fourth-order valence-electron chi connectivity index (χ4n) is 3.06. The molecule has 116 valence electrons. The number of carbonyl (C=O) groups is 1. The number of hydrogen-bond acceptors (Lipinski definition) is 2. The fourth-order valence-corrected chi connectivity index (χ4v) is 3.06. The zero-order chi connectivity index (χ0) is 15.1. The Morgan fingerprint density at radius 3 is 2.48 bits per heavy atom. The molecule has 1 aliphatic rings. The van der Waals surface area contributed by atoms with Crippen LogP contribution in [-0.4, -0.2) is 12.9 Å². The second kappa shape index (κ2) is 8.21. The third-order valence-corrected chi connectivity index (χ3v) is 4.61. The van der Waals surface area contributed by atoms with Crippen molar-refractivity contribution in [1.29, 1.82) is 0 Å². The standard InChI is InChI=1S/C19H28O2/c1-3-4-5-6-7-8-16-13-17(16)14-19(20)15-9-11-18(21-2)12-10-15/h9-12,16-17H,3-8,13-14H2,1-2H3/t16-,17+/m1/s1. The Morgan fingerprint density at radius 2 is 1.81 bits per heavy atom. The van der Waals surface area contributed by atoms with Crippen molar-refractivity contribution in [3.05, 3.63) is 29.8 Å². The zero-order valence-corrected chi connectivity index (χ0v) is 13.4. The molecule has 2 rings (SSSR count). The van der Waals surface area contributed by atoms with Gasteiger partial charge < -0.3 is 4.74 Å². The number of benzene rings is 1. The quantitative estimate of drug-likeness (QED) is 0.433. The van der Waals surface area contributed by atoms with E-state index in [1.165, 1.54) is 44.9 Å². The van der Waals surface area contributed by atoms with Crippen LogP contribution in [0.2, 0.25) is 0 Å². The minimum absolute atomic E-state index is 0.288. The summed E-state index contributed by atoms with van der Waals surface area (Å²) in [6.45, 7) is 2.25. The van der Waals surface area contributed by atoms with Crippen LogP contribution in [0.1, 0.15) is 68.6 Å². The highest BCUT2D eigenvalue weighted by atomic mass is 16.5. The molecule has 1 aliphatic carbocycles. The van der Waals surface area contributed by atoms with Crippen LogP contribution in [0, 0.1) is 11.8 Å². The lowest BCUT2D eigenvalue weighted by atomic mass is 10.0. The van der Waals surface area contributed by atoms with Gasteiger partial charge in [-0.05, 0) is 42.5 Å². The molecule has 0 aliphatic heterocycles. The van der Waals surface area contributed by atoms with Gasteiger partial charge in [-0.1, -0.05) is 45.4 Å². The number of Topliss-reactive ketones (excluding diaryl/α,β-unsaturated/α-hetero) is 1. The molecule has 2 heteroatoms. The Bertz CT molecular complexity index is 435. The summed E-state index contributed by atoms with van der Waals surface area (Å²) in [5, 5.41) is 0. The van der Waals surface area contributed by atoms with E-state index in [0.717, 1.165) is 23.7 Å². The average Bonchev–Trinajstić information content (AvgIpc) is 3.25. The van der Waals surface area contributed by atoms with E-state index in [2.05, 4.69) is 6.92 Å². The van der Waals surface area contributed by atoms with E-state index >= 15 is 0 Å². The summed E-state index contributed by atoms with van der Waals surface area (Å²) in [5.74, 6) is 2.55. The molecule has 0 radical (unpaired) electrons. The predicted molar refractivity (Wildman–Crippen MR) is 86.9 cm³/mol. The van der Waals surface area contributed by atoms with E-state index < -0.39 is 0 Å². The molecule has 0 unspecified atom stereocenters. The third-order valence-electron chi connectivity index (χ3n) is 4.61. The van der Waals surface area contributed by atoms with Gasteiger partial charge in [-0.3, -0.25) is 4.79 Å². The van der Waals surface area contributed by atoms with Crippen LogP contribution in [0.4, 0.5) is 0 Å². The zero-order valence-electron chi connectivity index (χ0n) is 13.4. The Kier molecular flexibility index (Phi) is 6.28. The number of ketones is 1. The lowest BCUT2D eigenvalue weighted by molar-refractivity contribution is 0.0973. The summed E-state index contributed by atoms with van der Waals surface area (Å²) >= 11 is 0. The highest BCUT2D eigenvalue weighted by Crippen LogP contribution is 2.45. The Labute approximate surface area is 128 Å². The predicted octanol–water partition coefficient (Wildman–Crippen LogP) is 5.26. The van der Waals surface area contributed by atoms with E-state index in [9.17, 15) is 4.79 Å². The first-order valence-electron chi connectivity index (χ1n) is 8.41. The molecule has 0 heterocycles. The van der Waals surface area contributed by atoms with Crippen LogP contribution in [0.25, 0.3) is 0 Å². The average molecular weight is 288 g/mol. The van der Waals surface area contributed by atoms with Crippen LogP contribution in [0.5, 0.6) is 5.75 Å². The molecule has 2 atom stereocenters. The van der Waals surface area contributed by atoms with Crippen molar-refractivity contribution >= 4 is 5.78 Å². The minimum Gasteiger partial charge on any atom is -0.497 e. The van der Waals surface area contributed by atoms with Crippen molar-refractivity contribution in [2.75, 3.05) is 7.11 Å². The summed E-state index contributed by atoms with van der Waals surface area (Å²) in [6.07, 6.45) is 10.1. The highest BCUT2D eigenvalue weighted by molar-refractivity contribution is 5.96. The van der Waals surface area contributed by atoms with Crippen molar-refractivity contribution in [3.63, 3.8) is 0 Å². The molecule has 0 spiro atoms. The van der Waals surface area contributed by atoms with Gasteiger partial charge in [-0.25, -0.2) is 0 Å². The maximum absolute atomic E-state index is 12.2. The maximum Gasteiger partial charge on any atom is 0.163 e. The van der Waals surface area contributed by atoms with Gasteiger partial charge in [0.15, 0.2) is 5.78 Å². The molecule has 2 nitrogen and oxygen atoms in total. The molecule has 0 bridgehead atoms. The number of ether oxygens (including phenoxy) is 1. The van der Waals surface area contributed by atoms with Gasteiger partial charge in [-0.15, -0.1) is 0 Å². The number of unbranched alkanes of at least 4 members (excludes halogenated alkanes) is 4. The van der Waals surface area contributed by atoms with Crippen molar-refractivity contribution < 1.29 is 9.53 Å². The van der Waals surface area contributed by atoms with Crippen molar-refractivity contribution in [2.45, 2.75) is 58.3 Å². The monoisotopic (exact) mass is 288 g/mol. The van der Waals surface area contributed by atoms with Gasteiger partial charge in [-0.2, -0.15) is 0 Å². The maximum atomic E-state index is 12.2. The molecule has 1 aromatic carbocycles. The van der Waals surface area contributed by atoms with E-state index in [-0.39, 0.29) is 5.78 Å². The normalized spacial score (nSPS) is 20.3. The molecule has 0 amide bonds. The summed E-state index contributed by atoms with van der Waals surface area (Å²) in [7, 11) is 1.64. The van der Waals surface area contributed by atoms with Gasteiger partial charge >= 0.3 is 0 Å². The van der Waals surface area contributed by atoms with Crippen LogP contribution in [0.3, 0.4) is 0 Å². The van der Waals surface area contributed by atoms with Gasteiger partial charge in [0.25, 0.3) is 0 Å². The summed E-state index contributed by atoms with van der Waals surface area (Å²) in [5.41, 5.74) is 0.824. The van der Waals surface area contributed by atoms with E-state index in [1.54, 1.807) is 7.11 Å². The molecule has 0 saturated heterocycles. The van der Waals surface area contributed by atoms with E-state index in [1.807, 2.05) is 24.3 Å². The molecule has 21 heavy (non-hydrogen) atoms. The van der Waals surface area contributed by atoms with Crippen LogP contribution < -0.4 is 4.74 Å². The molecule has 1 saturated carbocycles. The van der Waals surface area contributed by atoms with Gasteiger partial charge in [0.05, 0.1) is 7.11 Å². The topological polar surface area (TPSA) is 26.3 Å². The molecule has 0 N–H and O–H groups in total. The SMILES string of the molecule is CCCCCCC[C@@H]1C[C@H]1CC(=O)c1ccc(OC)cc1. The molecule has 0 aromatic heterocycles. The second-order valence-corrected chi connectivity index (χ2v) is 6.31. The fraction of sp³-hybridized carbons (Fsp3) is 0.632. The lowest BCUT2D eigenvalue weighted by Crippen LogP contribution is -2.01. The van der Waals surface area contributed by atoms with Gasteiger partial charge in [0, 0.05) is 12.0 Å². The van der Waals surface area contributed by atoms with E-state index in [0.29, 0.717) is 5.92 Å². The number of rotatable bonds is 10. The number of carbonyl (C=O) groups excluding carboxylic acids is 1. The number of hydrogen-bond donors (Lipinski definition) is 0. The van der Waals surface area contributed by atoms with Crippen LogP contribution >= 0.6 is 0 Å². The Hall–Kier alpha value is -1.31. The molecular formula is C19H28O2. The lowest BCUT2D eigenvalue weighted by Gasteiger charge is -2.03. The molecule has 1 fully saturated rings. The Balaban J connectivity index is 1.65. The molecular weight excluding hydrogens is 260 g/mol. The molecule has 1 aromatic rings. The Morgan fingerprint density at radius 1 is 1.10 bits per heavy atom. The van der Waals surface area contributed by atoms with Crippen molar-refractivity contribution in [2.24, 2.45) is 11.8 Å². The van der Waals surface area contributed by atoms with E-state index in [4.69, 9.17) is 4.74 Å². The first-order chi connectivity index (χ1) is 10.2. The largest absolute Gasteiger partial charge is 0.497 e. The highest BCUT2D eigenvalue weighted by Gasteiger charge is 2.37. The first kappa shape index (κ1) is 16.1.